The van der Waals surface area contributed by atoms with Crippen molar-refractivity contribution in [3.8, 4) is 5.75 Å². The summed E-state index contributed by atoms with van der Waals surface area (Å²) in [7, 11) is 2.15. The van der Waals surface area contributed by atoms with Gasteiger partial charge in [0.1, 0.15) is 0 Å². The molecule has 2 atom stereocenters. The first-order valence-corrected chi connectivity index (χ1v) is 10.2. The van der Waals surface area contributed by atoms with E-state index in [9.17, 15) is 4.39 Å². The molecule has 1 saturated carbocycles. The molecule has 3 rings (SSSR count). The number of hydrogen-bond acceptors (Lipinski definition) is 3. The van der Waals surface area contributed by atoms with Crippen LogP contribution in [0.4, 0.5) is 4.39 Å². The van der Waals surface area contributed by atoms with Gasteiger partial charge in [0.2, 0.25) is 0 Å². The molecule has 0 aromatic heterocycles. The van der Waals surface area contributed by atoms with E-state index in [0.29, 0.717) is 24.2 Å². The van der Waals surface area contributed by atoms with Gasteiger partial charge in [0.15, 0.2) is 17.5 Å². The monoisotopic (exact) mass is 504 g/mol. The van der Waals surface area contributed by atoms with Gasteiger partial charge < -0.3 is 20.3 Å². The third-order valence-corrected chi connectivity index (χ3v) is 5.32. The Bertz CT molecular complexity index is 653. The highest BCUT2D eigenvalue weighted by atomic mass is 127. The van der Waals surface area contributed by atoms with Crippen LogP contribution in [0.25, 0.3) is 0 Å². The Morgan fingerprint density at radius 3 is 2.71 bits per heavy atom. The summed E-state index contributed by atoms with van der Waals surface area (Å²) in [5.41, 5.74) is 0.887. The average molecular weight is 504 g/mol. The van der Waals surface area contributed by atoms with Gasteiger partial charge in [0.25, 0.3) is 0 Å². The number of benzene rings is 1. The molecule has 5 nitrogen and oxygen atoms in total. The summed E-state index contributed by atoms with van der Waals surface area (Å²) in [4.78, 5) is 7.09. The number of halogens is 2. The molecule has 1 heterocycles. The molecular weight excluding hydrogens is 470 g/mol. The number of nitrogens with zero attached hydrogens (tertiary/aromatic N) is 2. The SMILES string of the molecule is CCNC(=NCC1CCN(C)C1)NC(C)c1ccc(OCC2CC2)c(F)c1.I. The van der Waals surface area contributed by atoms with E-state index in [1.165, 1.54) is 19.3 Å². The largest absolute Gasteiger partial charge is 0.490 e. The van der Waals surface area contributed by atoms with Crippen LogP contribution in [0.3, 0.4) is 0 Å². The second kappa shape index (κ2) is 11.2. The summed E-state index contributed by atoms with van der Waals surface area (Å²) in [6, 6.07) is 5.19. The fourth-order valence-electron chi connectivity index (χ4n) is 3.40. The minimum absolute atomic E-state index is 0. The molecule has 0 radical (unpaired) electrons. The zero-order valence-corrected chi connectivity index (χ0v) is 19.5. The van der Waals surface area contributed by atoms with Crippen LogP contribution in [0.2, 0.25) is 0 Å². The van der Waals surface area contributed by atoms with Crippen molar-refractivity contribution in [2.24, 2.45) is 16.8 Å². The van der Waals surface area contributed by atoms with Gasteiger partial charge in [-0.25, -0.2) is 4.39 Å². The molecule has 2 unspecified atom stereocenters. The van der Waals surface area contributed by atoms with Gasteiger partial charge in [-0.1, -0.05) is 6.07 Å². The molecule has 2 N–H and O–H groups in total. The maximum Gasteiger partial charge on any atom is 0.191 e. The van der Waals surface area contributed by atoms with Crippen LogP contribution in [-0.4, -0.2) is 50.7 Å². The minimum atomic E-state index is -0.294. The summed E-state index contributed by atoms with van der Waals surface area (Å²) in [5.74, 6) is 2.07. The van der Waals surface area contributed by atoms with Gasteiger partial charge in [0, 0.05) is 19.6 Å². The van der Waals surface area contributed by atoms with E-state index >= 15 is 0 Å². The lowest BCUT2D eigenvalue weighted by molar-refractivity contribution is 0.285. The molecule has 1 aliphatic carbocycles. The van der Waals surface area contributed by atoms with Crippen LogP contribution >= 0.6 is 24.0 Å². The van der Waals surface area contributed by atoms with Crippen LogP contribution in [0.15, 0.2) is 23.2 Å². The van der Waals surface area contributed by atoms with Gasteiger partial charge in [0.05, 0.1) is 12.6 Å². The Hall–Kier alpha value is -1.09. The maximum atomic E-state index is 14.4. The number of guanidine groups is 1. The van der Waals surface area contributed by atoms with Crippen LogP contribution in [0.5, 0.6) is 5.75 Å². The molecule has 0 spiro atoms. The lowest BCUT2D eigenvalue weighted by Crippen LogP contribution is -2.39. The quantitative estimate of drug-likeness (QED) is 0.321. The van der Waals surface area contributed by atoms with E-state index in [4.69, 9.17) is 9.73 Å². The first-order valence-electron chi connectivity index (χ1n) is 10.2. The predicted molar refractivity (Wildman–Crippen MR) is 123 cm³/mol. The number of rotatable bonds is 8. The molecule has 0 amide bonds. The molecule has 1 aliphatic heterocycles. The summed E-state index contributed by atoms with van der Waals surface area (Å²) < 4.78 is 19.9. The Morgan fingerprint density at radius 2 is 2.11 bits per heavy atom. The number of likely N-dealkylation sites (tertiary alicyclic amines) is 1. The second-order valence-corrected chi connectivity index (χ2v) is 7.95. The van der Waals surface area contributed by atoms with Gasteiger partial charge in [-0.2, -0.15) is 0 Å². The van der Waals surface area contributed by atoms with Crippen molar-refractivity contribution in [3.05, 3.63) is 29.6 Å². The lowest BCUT2D eigenvalue weighted by Gasteiger charge is -2.19. The summed E-state index contributed by atoms with van der Waals surface area (Å²) in [6.07, 6.45) is 3.59. The molecule has 0 bridgehead atoms. The third-order valence-electron chi connectivity index (χ3n) is 5.32. The van der Waals surface area contributed by atoms with E-state index in [1.807, 2.05) is 13.0 Å². The highest BCUT2D eigenvalue weighted by molar-refractivity contribution is 14.0. The first-order chi connectivity index (χ1) is 13.0. The number of aliphatic imine (C=N–C) groups is 1. The first kappa shape index (κ1) is 23.2. The fourth-order valence-corrected chi connectivity index (χ4v) is 3.40. The van der Waals surface area contributed by atoms with Crippen molar-refractivity contribution in [2.45, 2.75) is 39.2 Å². The molecular formula is C21H34FIN4O. The van der Waals surface area contributed by atoms with E-state index in [1.54, 1.807) is 12.1 Å². The lowest BCUT2D eigenvalue weighted by atomic mass is 10.1. The fraction of sp³-hybridized carbons (Fsp3) is 0.667. The van der Waals surface area contributed by atoms with Crippen LogP contribution in [-0.2, 0) is 0 Å². The van der Waals surface area contributed by atoms with Crippen molar-refractivity contribution < 1.29 is 9.13 Å². The normalized spacial score (nSPS) is 21.1. The van der Waals surface area contributed by atoms with Crippen molar-refractivity contribution in [1.82, 2.24) is 15.5 Å². The van der Waals surface area contributed by atoms with E-state index in [-0.39, 0.29) is 35.8 Å². The second-order valence-electron chi connectivity index (χ2n) is 7.95. The standard InChI is InChI=1S/C21H33FN4O.HI/c1-4-23-21(24-12-17-9-10-26(3)13-17)25-15(2)18-7-8-20(19(22)11-18)27-14-16-5-6-16;/h7-8,11,15-17H,4-6,9-10,12-14H2,1-3H3,(H2,23,24,25);1H. The summed E-state index contributed by atoms with van der Waals surface area (Å²) >= 11 is 0. The van der Waals surface area contributed by atoms with Crippen molar-refractivity contribution >= 4 is 29.9 Å². The average Bonchev–Trinajstić information content (AvgIpc) is 3.38. The Balaban J connectivity index is 0.00000280. The zero-order chi connectivity index (χ0) is 19.2. The third kappa shape index (κ3) is 7.06. The number of nitrogens with one attached hydrogen (secondary N) is 2. The van der Waals surface area contributed by atoms with Crippen LogP contribution < -0.4 is 15.4 Å². The van der Waals surface area contributed by atoms with E-state index in [0.717, 1.165) is 37.7 Å². The smallest absolute Gasteiger partial charge is 0.191 e. The molecule has 1 aromatic carbocycles. The van der Waals surface area contributed by atoms with Crippen LogP contribution in [0.1, 0.15) is 44.7 Å². The highest BCUT2D eigenvalue weighted by Crippen LogP contribution is 2.30. The maximum absolute atomic E-state index is 14.4. The summed E-state index contributed by atoms with van der Waals surface area (Å²) in [5, 5.41) is 6.69. The topological polar surface area (TPSA) is 48.9 Å². The van der Waals surface area contributed by atoms with E-state index in [2.05, 4.69) is 29.5 Å². The van der Waals surface area contributed by atoms with Crippen molar-refractivity contribution in [3.63, 3.8) is 0 Å². The Kier molecular flexibility index (Phi) is 9.27. The number of hydrogen-bond donors (Lipinski definition) is 2. The molecule has 28 heavy (non-hydrogen) atoms. The Labute approximate surface area is 185 Å². The van der Waals surface area contributed by atoms with Crippen LogP contribution in [0, 0.1) is 17.7 Å². The molecule has 7 heteroatoms. The van der Waals surface area contributed by atoms with Gasteiger partial charge in [-0.15, -0.1) is 24.0 Å². The van der Waals surface area contributed by atoms with Gasteiger partial charge in [-0.05, 0) is 76.2 Å². The highest BCUT2D eigenvalue weighted by Gasteiger charge is 2.23. The molecule has 1 saturated heterocycles. The molecule has 2 fully saturated rings. The summed E-state index contributed by atoms with van der Waals surface area (Å²) in [6.45, 7) is 8.56. The van der Waals surface area contributed by atoms with E-state index < -0.39 is 0 Å². The Morgan fingerprint density at radius 1 is 1.32 bits per heavy atom. The molecule has 1 aromatic rings. The number of ether oxygens (including phenoxy) is 1. The van der Waals surface area contributed by atoms with Gasteiger partial charge in [-0.3, -0.25) is 4.99 Å². The zero-order valence-electron chi connectivity index (χ0n) is 17.2. The van der Waals surface area contributed by atoms with Crippen molar-refractivity contribution in [2.75, 3.05) is 39.8 Å². The predicted octanol–water partition coefficient (Wildman–Crippen LogP) is 3.80. The van der Waals surface area contributed by atoms with Crippen molar-refractivity contribution in [1.29, 1.82) is 0 Å². The molecule has 2 aliphatic rings. The minimum Gasteiger partial charge on any atom is -0.490 e. The molecule has 158 valence electrons. The van der Waals surface area contributed by atoms with Gasteiger partial charge >= 0.3 is 0 Å².